The van der Waals surface area contributed by atoms with E-state index in [1.807, 2.05) is 0 Å². The molecule has 92 valence electrons. The molecule has 1 aromatic heterocycles. The summed E-state index contributed by atoms with van der Waals surface area (Å²) in [6.45, 7) is 0.356. The number of hydrogen-bond acceptors (Lipinski definition) is 4. The average Bonchev–Trinajstić information content (AvgIpc) is 2.58. The second-order valence-electron chi connectivity index (χ2n) is 3.63. The fraction of sp³-hybridized carbons (Fsp3) is 0.333. The molecule has 8 heteroatoms. The van der Waals surface area contributed by atoms with Crippen LogP contribution < -0.4 is 10.0 Å². The normalized spacial score (nSPS) is 18.3. The van der Waals surface area contributed by atoms with Crippen molar-refractivity contribution in [2.45, 2.75) is 6.42 Å². The van der Waals surface area contributed by atoms with Crippen LogP contribution in [-0.2, 0) is 10.0 Å². The maximum absolute atomic E-state index is 11.7. The maximum atomic E-state index is 11.7. The number of amides is 1. The Labute approximate surface area is 103 Å². The predicted molar refractivity (Wildman–Crippen MR) is 63.5 cm³/mol. The van der Waals surface area contributed by atoms with Crippen LogP contribution in [0.1, 0.15) is 16.8 Å². The number of halogens is 1. The van der Waals surface area contributed by atoms with Gasteiger partial charge in [0.2, 0.25) is 15.9 Å². The van der Waals surface area contributed by atoms with Crippen LogP contribution in [0.25, 0.3) is 0 Å². The van der Waals surface area contributed by atoms with E-state index >= 15 is 0 Å². The van der Waals surface area contributed by atoms with Crippen LogP contribution >= 0.6 is 11.6 Å². The lowest BCUT2D eigenvalue weighted by molar-refractivity contribution is 0.100. The van der Waals surface area contributed by atoms with E-state index in [2.05, 4.69) is 4.98 Å². The highest BCUT2D eigenvalue weighted by atomic mass is 35.5. The summed E-state index contributed by atoms with van der Waals surface area (Å²) in [5.74, 6) is -0.445. The third-order valence-corrected chi connectivity index (χ3v) is 4.61. The highest BCUT2D eigenvalue weighted by Crippen LogP contribution is 2.25. The zero-order chi connectivity index (χ0) is 12.6. The molecule has 0 bridgehead atoms. The fourth-order valence-corrected chi connectivity index (χ4v) is 3.35. The van der Waals surface area contributed by atoms with Crippen molar-refractivity contribution in [1.29, 1.82) is 0 Å². The molecule has 0 aliphatic carbocycles. The Hall–Kier alpha value is -1.34. The monoisotopic (exact) mass is 275 g/mol. The summed E-state index contributed by atoms with van der Waals surface area (Å²) in [7, 11) is -3.32. The molecule has 6 nitrogen and oxygen atoms in total. The molecule has 2 rings (SSSR count). The number of pyridine rings is 1. The molecule has 0 spiro atoms. The van der Waals surface area contributed by atoms with E-state index in [4.69, 9.17) is 17.3 Å². The van der Waals surface area contributed by atoms with Crippen molar-refractivity contribution < 1.29 is 13.2 Å². The Kier molecular flexibility index (Phi) is 2.96. The third-order valence-electron chi connectivity index (χ3n) is 2.46. The van der Waals surface area contributed by atoms with Gasteiger partial charge >= 0.3 is 0 Å². The third kappa shape index (κ3) is 2.20. The van der Waals surface area contributed by atoms with Gasteiger partial charge in [0.05, 0.1) is 16.3 Å². The van der Waals surface area contributed by atoms with Gasteiger partial charge in [-0.25, -0.2) is 13.4 Å². The number of nitrogens with two attached hydrogens (primary N) is 1. The van der Waals surface area contributed by atoms with Gasteiger partial charge in [0.1, 0.15) is 5.82 Å². The molecule has 2 heterocycles. The summed E-state index contributed by atoms with van der Waals surface area (Å²) < 4.78 is 24.5. The summed E-state index contributed by atoms with van der Waals surface area (Å²) in [5, 5.41) is 0.109. The van der Waals surface area contributed by atoms with E-state index in [0.717, 1.165) is 4.31 Å². The van der Waals surface area contributed by atoms with E-state index in [1.165, 1.54) is 12.3 Å². The van der Waals surface area contributed by atoms with Gasteiger partial charge in [0.25, 0.3) is 0 Å². The molecule has 0 radical (unpaired) electrons. The first kappa shape index (κ1) is 12.1. The summed E-state index contributed by atoms with van der Waals surface area (Å²) in [4.78, 5) is 15.0. The minimum atomic E-state index is -3.32. The number of sulfonamides is 1. The molecule has 1 saturated heterocycles. The first-order chi connectivity index (χ1) is 7.92. The molecule has 1 aliphatic heterocycles. The van der Waals surface area contributed by atoms with Crippen molar-refractivity contribution in [3.63, 3.8) is 0 Å². The van der Waals surface area contributed by atoms with Crippen molar-refractivity contribution in [3.8, 4) is 0 Å². The van der Waals surface area contributed by atoms with Crippen molar-refractivity contribution in [1.82, 2.24) is 4.98 Å². The maximum Gasteiger partial charge on any atom is 0.250 e. The Morgan fingerprint density at radius 1 is 1.53 bits per heavy atom. The lowest BCUT2D eigenvalue weighted by Crippen LogP contribution is -2.26. The zero-order valence-electron chi connectivity index (χ0n) is 8.76. The number of rotatable bonds is 2. The van der Waals surface area contributed by atoms with E-state index in [1.54, 1.807) is 0 Å². The van der Waals surface area contributed by atoms with E-state index in [-0.39, 0.29) is 22.2 Å². The van der Waals surface area contributed by atoms with Crippen LogP contribution in [0.15, 0.2) is 12.3 Å². The van der Waals surface area contributed by atoms with E-state index < -0.39 is 15.9 Å². The molecule has 1 aliphatic rings. The number of anilines is 1. The first-order valence-corrected chi connectivity index (χ1v) is 6.86. The van der Waals surface area contributed by atoms with Crippen molar-refractivity contribution >= 4 is 33.3 Å². The second kappa shape index (κ2) is 4.15. The van der Waals surface area contributed by atoms with Gasteiger partial charge in [0, 0.05) is 12.7 Å². The van der Waals surface area contributed by atoms with Gasteiger partial charge in [-0.15, -0.1) is 0 Å². The molecule has 0 saturated carbocycles. The Morgan fingerprint density at radius 2 is 2.24 bits per heavy atom. The van der Waals surface area contributed by atoms with Crippen LogP contribution in [0.4, 0.5) is 5.82 Å². The largest absolute Gasteiger partial charge is 0.366 e. The van der Waals surface area contributed by atoms with Crippen molar-refractivity contribution in [2.24, 2.45) is 5.73 Å². The van der Waals surface area contributed by atoms with Gasteiger partial charge in [-0.3, -0.25) is 9.10 Å². The number of primary amides is 1. The number of aromatic nitrogens is 1. The molecule has 1 aromatic rings. The lowest BCUT2D eigenvalue weighted by Gasteiger charge is -2.16. The number of hydrogen-bond donors (Lipinski definition) is 1. The summed E-state index contributed by atoms with van der Waals surface area (Å²) in [6.07, 6.45) is 1.77. The van der Waals surface area contributed by atoms with Crippen molar-refractivity contribution in [3.05, 3.63) is 22.8 Å². The fourth-order valence-electron chi connectivity index (χ4n) is 1.65. The van der Waals surface area contributed by atoms with Gasteiger partial charge in [0.15, 0.2) is 0 Å². The lowest BCUT2D eigenvalue weighted by atomic mass is 10.2. The van der Waals surface area contributed by atoms with Gasteiger partial charge in [-0.05, 0) is 12.5 Å². The van der Waals surface area contributed by atoms with Crippen LogP contribution in [-0.4, -0.2) is 31.6 Å². The second-order valence-corrected chi connectivity index (χ2v) is 6.05. The quantitative estimate of drug-likeness (QED) is 0.844. The highest BCUT2D eigenvalue weighted by Gasteiger charge is 2.30. The minimum Gasteiger partial charge on any atom is -0.366 e. The standard InChI is InChI=1S/C9H10ClN3O3S/c10-7-5-12-8(4-6(7)9(11)14)13-2-1-3-17(13,15)16/h4-5H,1-3H2,(H2,11,14). The van der Waals surface area contributed by atoms with E-state index in [0.29, 0.717) is 13.0 Å². The zero-order valence-corrected chi connectivity index (χ0v) is 10.3. The number of carbonyl (C=O) groups is 1. The van der Waals surface area contributed by atoms with Gasteiger partial charge in [-0.1, -0.05) is 11.6 Å². The Morgan fingerprint density at radius 3 is 2.76 bits per heavy atom. The topological polar surface area (TPSA) is 93.4 Å². The van der Waals surface area contributed by atoms with Crippen LogP contribution in [0.2, 0.25) is 5.02 Å². The molecular formula is C9H10ClN3O3S. The highest BCUT2D eigenvalue weighted by molar-refractivity contribution is 7.93. The van der Waals surface area contributed by atoms with Crippen molar-refractivity contribution in [2.75, 3.05) is 16.6 Å². The smallest absolute Gasteiger partial charge is 0.250 e. The molecular weight excluding hydrogens is 266 g/mol. The number of nitrogens with zero attached hydrogens (tertiary/aromatic N) is 2. The molecule has 0 unspecified atom stereocenters. The Bertz CT molecular complexity index is 573. The molecule has 2 N–H and O–H groups in total. The Balaban J connectivity index is 2.47. The molecule has 1 amide bonds. The summed E-state index contributed by atoms with van der Waals surface area (Å²) in [5.41, 5.74) is 5.20. The van der Waals surface area contributed by atoms with Crippen LogP contribution in [0, 0.1) is 0 Å². The molecule has 17 heavy (non-hydrogen) atoms. The van der Waals surface area contributed by atoms with Gasteiger partial charge in [-0.2, -0.15) is 0 Å². The van der Waals surface area contributed by atoms with Gasteiger partial charge < -0.3 is 5.73 Å². The summed E-state index contributed by atoms with van der Waals surface area (Å²) >= 11 is 5.74. The average molecular weight is 276 g/mol. The SMILES string of the molecule is NC(=O)c1cc(N2CCCS2(=O)=O)ncc1Cl. The minimum absolute atomic E-state index is 0.0683. The summed E-state index contributed by atoms with van der Waals surface area (Å²) in [6, 6.07) is 1.30. The molecule has 0 aromatic carbocycles. The number of carbonyl (C=O) groups excluding carboxylic acids is 1. The predicted octanol–water partition coefficient (Wildman–Crippen LogP) is 0.374. The molecule has 0 atom stereocenters. The van der Waals surface area contributed by atoms with Crippen LogP contribution in [0.3, 0.4) is 0 Å². The molecule has 1 fully saturated rings. The first-order valence-electron chi connectivity index (χ1n) is 4.87. The van der Waals surface area contributed by atoms with Crippen LogP contribution in [0.5, 0.6) is 0 Å². The van der Waals surface area contributed by atoms with E-state index in [9.17, 15) is 13.2 Å².